The van der Waals surface area contributed by atoms with Gasteiger partial charge in [-0.3, -0.25) is 9.69 Å². The molecule has 1 aromatic carbocycles. The molecule has 1 aromatic rings. The zero-order valence-electron chi connectivity index (χ0n) is 14.5. The molecular formula is C18H28N4O2. The molecule has 1 aliphatic heterocycles. The van der Waals surface area contributed by atoms with Gasteiger partial charge in [-0.15, -0.1) is 0 Å². The van der Waals surface area contributed by atoms with Gasteiger partial charge in [0.15, 0.2) is 0 Å². The number of rotatable bonds is 7. The molecule has 0 aliphatic carbocycles. The number of amides is 3. The van der Waals surface area contributed by atoms with Gasteiger partial charge < -0.3 is 16.4 Å². The predicted molar refractivity (Wildman–Crippen MR) is 94.1 cm³/mol. The maximum Gasteiger partial charge on any atom is 0.312 e. The van der Waals surface area contributed by atoms with Crippen molar-refractivity contribution in [3.05, 3.63) is 35.4 Å². The molecule has 1 aliphatic rings. The molecule has 1 fully saturated rings. The fourth-order valence-electron chi connectivity index (χ4n) is 2.95. The van der Waals surface area contributed by atoms with Crippen LogP contribution in [0.25, 0.3) is 0 Å². The number of hydrogen-bond acceptors (Lipinski definition) is 3. The molecule has 4 N–H and O–H groups in total. The highest BCUT2D eigenvalue weighted by Gasteiger charge is 2.22. The third-order valence-electron chi connectivity index (χ3n) is 4.34. The molecule has 0 spiro atoms. The molecule has 6 heteroatoms. The summed E-state index contributed by atoms with van der Waals surface area (Å²) in [6, 6.07) is 7.00. The maximum absolute atomic E-state index is 12.2. The number of urea groups is 1. The molecule has 1 heterocycles. The second-order valence-electron chi connectivity index (χ2n) is 6.75. The first-order valence-electron chi connectivity index (χ1n) is 8.59. The van der Waals surface area contributed by atoms with Gasteiger partial charge in [-0.25, -0.2) is 4.79 Å². The average molecular weight is 332 g/mol. The van der Waals surface area contributed by atoms with Crippen molar-refractivity contribution in [2.45, 2.75) is 45.8 Å². The SMILES string of the molecule is CC(C)[C@H](NC(N)=O)C(=O)NCc1ccc(CN2CCCC2)cc1. The summed E-state index contributed by atoms with van der Waals surface area (Å²) in [4.78, 5) is 25.7. The molecule has 0 unspecified atom stereocenters. The molecule has 24 heavy (non-hydrogen) atoms. The van der Waals surface area contributed by atoms with Crippen molar-refractivity contribution in [1.82, 2.24) is 15.5 Å². The van der Waals surface area contributed by atoms with Crippen molar-refractivity contribution in [1.29, 1.82) is 0 Å². The Bertz CT molecular complexity index is 551. The van der Waals surface area contributed by atoms with Crippen molar-refractivity contribution in [2.75, 3.05) is 13.1 Å². The van der Waals surface area contributed by atoms with Crippen molar-refractivity contribution in [2.24, 2.45) is 11.7 Å². The van der Waals surface area contributed by atoms with E-state index >= 15 is 0 Å². The molecule has 132 valence electrons. The average Bonchev–Trinajstić information content (AvgIpc) is 3.04. The fraction of sp³-hybridized carbons (Fsp3) is 0.556. The summed E-state index contributed by atoms with van der Waals surface area (Å²) in [6.07, 6.45) is 2.58. The first-order valence-corrected chi connectivity index (χ1v) is 8.59. The number of nitrogens with two attached hydrogens (primary N) is 1. The third kappa shape index (κ3) is 5.53. The molecule has 2 rings (SSSR count). The summed E-state index contributed by atoms with van der Waals surface area (Å²) >= 11 is 0. The van der Waals surface area contributed by atoms with Crippen LogP contribution in [0.4, 0.5) is 4.79 Å². The Balaban J connectivity index is 1.84. The first kappa shape index (κ1) is 18.3. The molecule has 0 bridgehead atoms. The van der Waals surface area contributed by atoms with Crippen LogP contribution in [0.3, 0.4) is 0 Å². The van der Waals surface area contributed by atoms with E-state index in [0.29, 0.717) is 6.54 Å². The van der Waals surface area contributed by atoms with Gasteiger partial charge >= 0.3 is 6.03 Å². The largest absolute Gasteiger partial charge is 0.352 e. The van der Waals surface area contributed by atoms with E-state index in [1.807, 2.05) is 26.0 Å². The summed E-state index contributed by atoms with van der Waals surface area (Å²) in [7, 11) is 0. The lowest BCUT2D eigenvalue weighted by molar-refractivity contribution is -0.124. The van der Waals surface area contributed by atoms with Crippen LogP contribution in [0, 0.1) is 5.92 Å². The number of nitrogens with zero attached hydrogens (tertiary/aromatic N) is 1. The van der Waals surface area contributed by atoms with Crippen molar-refractivity contribution in [3.63, 3.8) is 0 Å². The summed E-state index contributed by atoms with van der Waals surface area (Å²) in [5, 5.41) is 5.34. The monoisotopic (exact) mass is 332 g/mol. The Labute approximate surface area is 143 Å². The highest BCUT2D eigenvalue weighted by Crippen LogP contribution is 2.13. The number of primary amides is 1. The molecule has 1 atom stereocenters. The lowest BCUT2D eigenvalue weighted by atomic mass is 10.0. The number of hydrogen-bond donors (Lipinski definition) is 3. The van der Waals surface area contributed by atoms with Crippen molar-refractivity contribution in [3.8, 4) is 0 Å². The lowest BCUT2D eigenvalue weighted by Gasteiger charge is -2.20. The summed E-state index contributed by atoms with van der Waals surface area (Å²) in [5.74, 6) is -0.245. The molecule has 0 radical (unpaired) electrons. The fourth-order valence-corrected chi connectivity index (χ4v) is 2.95. The van der Waals surface area contributed by atoms with Gasteiger partial charge in [-0.1, -0.05) is 38.1 Å². The van der Waals surface area contributed by atoms with E-state index in [9.17, 15) is 9.59 Å². The summed E-state index contributed by atoms with van der Waals surface area (Å²) in [5.41, 5.74) is 7.46. The zero-order chi connectivity index (χ0) is 17.5. The minimum Gasteiger partial charge on any atom is -0.352 e. The molecule has 3 amide bonds. The Morgan fingerprint density at radius 1 is 1.12 bits per heavy atom. The minimum atomic E-state index is -0.685. The van der Waals surface area contributed by atoms with Crippen LogP contribution in [-0.4, -0.2) is 36.0 Å². The standard InChI is InChI=1S/C18H28N4O2/c1-13(2)16(21-18(19)24)17(23)20-11-14-5-7-15(8-6-14)12-22-9-3-4-10-22/h5-8,13,16H,3-4,9-12H2,1-2H3,(H,20,23)(H3,19,21,24)/t16-/m0/s1. The van der Waals surface area contributed by atoms with Gasteiger partial charge in [0, 0.05) is 13.1 Å². The molecule has 0 saturated carbocycles. The minimum absolute atomic E-state index is 0.0275. The zero-order valence-corrected chi connectivity index (χ0v) is 14.5. The Morgan fingerprint density at radius 3 is 2.25 bits per heavy atom. The van der Waals surface area contributed by atoms with Gasteiger partial charge in [0.2, 0.25) is 5.91 Å². The molecule has 6 nitrogen and oxygen atoms in total. The van der Waals surface area contributed by atoms with E-state index < -0.39 is 12.1 Å². The van der Waals surface area contributed by atoms with E-state index in [2.05, 4.69) is 27.7 Å². The van der Waals surface area contributed by atoms with Crippen LogP contribution in [-0.2, 0) is 17.9 Å². The van der Waals surface area contributed by atoms with Gasteiger partial charge in [0.1, 0.15) is 6.04 Å². The second-order valence-corrected chi connectivity index (χ2v) is 6.75. The van der Waals surface area contributed by atoms with Crippen LogP contribution in [0.2, 0.25) is 0 Å². The van der Waals surface area contributed by atoms with Crippen LogP contribution in [0.5, 0.6) is 0 Å². The predicted octanol–water partition coefficient (Wildman–Crippen LogP) is 1.59. The van der Waals surface area contributed by atoms with E-state index in [1.54, 1.807) is 0 Å². The van der Waals surface area contributed by atoms with E-state index in [1.165, 1.54) is 31.5 Å². The van der Waals surface area contributed by atoms with Crippen LogP contribution in [0.15, 0.2) is 24.3 Å². The van der Waals surface area contributed by atoms with Crippen LogP contribution in [0.1, 0.15) is 37.8 Å². The quantitative estimate of drug-likeness (QED) is 0.708. The van der Waals surface area contributed by atoms with Crippen LogP contribution >= 0.6 is 0 Å². The first-order chi connectivity index (χ1) is 11.5. The van der Waals surface area contributed by atoms with Crippen molar-refractivity contribution < 1.29 is 9.59 Å². The number of carbonyl (C=O) groups is 2. The topological polar surface area (TPSA) is 87.5 Å². The normalized spacial score (nSPS) is 16.1. The Hall–Kier alpha value is -2.08. The molecule has 1 saturated heterocycles. The van der Waals surface area contributed by atoms with Gasteiger partial charge in [-0.2, -0.15) is 0 Å². The number of likely N-dealkylation sites (tertiary alicyclic amines) is 1. The molecular weight excluding hydrogens is 304 g/mol. The van der Waals surface area contributed by atoms with Gasteiger partial charge in [0.25, 0.3) is 0 Å². The second kappa shape index (κ2) is 8.68. The van der Waals surface area contributed by atoms with Crippen LogP contribution < -0.4 is 16.4 Å². The van der Waals surface area contributed by atoms with E-state index in [4.69, 9.17) is 5.73 Å². The maximum atomic E-state index is 12.2. The third-order valence-corrected chi connectivity index (χ3v) is 4.34. The highest BCUT2D eigenvalue weighted by atomic mass is 16.2. The Morgan fingerprint density at radius 2 is 1.71 bits per heavy atom. The lowest BCUT2D eigenvalue weighted by Crippen LogP contribution is -2.51. The Kier molecular flexibility index (Phi) is 6.61. The highest BCUT2D eigenvalue weighted by molar-refractivity contribution is 5.86. The van der Waals surface area contributed by atoms with Gasteiger partial charge in [0.05, 0.1) is 0 Å². The summed E-state index contributed by atoms with van der Waals surface area (Å²) in [6.45, 7) is 7.53. The van der Waals surface area contributed by atoms with E-state index in [-0.39, 0.29) is 11.8 Å². The number of nitrogens with one attached hydrogen (secondary N) is 2. The van der Waals surface area contributed by atoms with Crippen molar-refractivity contribution >= 4 is 11.9 Å². The van der Waals surface area contributed by atoms with E-state index in [0.717, 1.165) is 12.1 Å². The summed E-state index contributed by atoms with van der Waals surface area (Å²) < 4.78 is 0. The van der Waals surface area contributed by atoms with Gasteiger partial charge in [-0.05, 0) is 43.0 Å². The smallest absolute Gasteiger partial charge is 0.312 e. The molecule has 0 aromatic heterocycles. The number of carbonyl (C=O) groups excluding carboxylic acids is 2. The number of benzene rings is 1.